The quantitative estimate of drug-likeness (QED) is 0.552. The molecular formula is C12H20N3O2Tm-. The smallest absolute Gasteiger partial charge is 0.209 e. The van der Waals surface area contributed by atoms with E-state index < -0.39 is 0 Å². The summed E-state index contributed by atoms with van der Waals surface area (Å²) in [5.41, 5.74) is 5.98. The zero-order chi connectivity index (χ0) is 13.0. The van der Waals surface area contributed by atoms with Crippen LogP contribution in [-0.4, -0.2) is 42.4 Å². The Kier molecular flexibility index (Phi) is 8.27. The number of carbonyl (C=O) groups excluding carboxylic acids is 1. The Balaban J connectivity index is 0.00000289. The van der Waals surface area contributed by atoms with Gasteiger partial charge in [-0.2, -0.15) is 6.21 Å². The summed E-state index contributed by atoms with van der Waals surface area (Å²) >= 11 is 0. The molecule has 1 amide bonds. The van der Waals surface area contributed by atoms with E-state index in [4.69, 9.17) is 10.5 Å². The molecule has 1 rings (SSSR count). The summed E-state index contributed by atoms with van der Waals surface area (Å²) in [4.78, 5) is 16.8. The molecule has 1 aliphatic heterocycles. The Hall–Kier alpha value is 0.0338. The fraction of sp³-hybridized carbons (Fsp3) is 0.667. The average molecular weight is 407 g/mol. The van der Waals surface area contributed by atoms with Gasteiger partial charge in [0.2, 0.25) is 5.91 Å². The molecule has 0 aromatic heterocycles. The molecule has 1 radical (unpaired) electrons. The Morgan fingerprint density at radius 2 is 2.11 bits per heavy atom. The Morgan fingerprint density at radius 3 is 2.50 bits per heavy atom. The van der Waals surface area contributed by atoms with Gasteiger partial charge in [0.1, 0.15) is 6.23 Å². The number of hydrogen-bond acceptors (Lipinski definition) is 4. The van der Waals surface area contributed by atoms with Crippen molar-refractivity contribution in [1.82, 2.24) is 4.90 Å². The number of nitrogens with zero attached hydrogens (tertiary/aromatic N) is 2. The first-order chi connectivity index (χ1) is 7.99. The van der Waals surface area contributed by atoms with Gasteiger partial charge in [-0.3, -0.25) is 4.79 Å². The molecule has 4 atom stereocenters. The largest absolute Gasteiger partial charge is 0.399 e. The number of ether oxygens (including phenoxy) is 1. The van der Waals surface area contributed by atoms with E-state index in [-0.39, 0.29) is 67.1 Å². The van der Waals surface area contributed by atoms with Crippen LogP contribution in [0.3, 0.4) is 0 Å². The predicted octanol–water partition coefficient (Wildman–Crippen LogP) is 0.634. The van der Waals surface area contributed by atoms with Crippen molar-refractivity contribution in [3.63, 3.8) is 0 Å². The van der Waals surface area contributed by atoms with Gasteiger partial charge in [-0.1, -0.05) is 6.92 Å². The number of aliphatic imine (C=N–C) groups is 1. The second kappa shape index (κ2) is 8.25. The third kappa shape index (κ3) is 4.30. The van der Waals surface area contributed by atoms with Gasteiger partial charge >= 0.3 is 0 Å². The van der Waals surface area contributed by atoms with Crippen LogP contribution in [0.25, 0.3) is 0 Å². The Bertz CT molecular complexity index is 333. The number of nitrogens with two attached hydrogens (primary N) is 1. The molecule has 1 saturated heterocycles. The molecule has 0 aromatic rings. The number of amides is 1. The van der Waals surface area contributed by atoms with Crippen LogP contribution in [0.2, 0.25) is 0 Å². The van der Waals surface area contributed by atoms with Crippen molar-refractivity contribution in [2.24, 2.45) is 16.6 Å². The van der Waals surface area contributed by atoms with Crippen LogP contribution in [0.4, 0.5) is 0 Å². The van der Waals surface area contributed by atoms with Crippen molar-refractivity contribution in [3.05, 3.63) is 12.3 Å². The molecule has 0 aromatic carbocycles. The molecule has 2 N–H and O–H groups in total. The second-order valence-electron chi connectivity index (χ2n) is 4.26. The van der Waals surface area contributed by atoms with E-state index >= 15 is 0 Å². The van der Waals surface area contributed by atoms with Crippen LogP contribution in [-0.2, 0) is 9.53 Å². The number of rotatable bonds is 3. The fourth-order valence-corrected chi connectivity index (χ4v) is 1.93. The minimum absolute atomic E-state index is 0. The first-order valence-electron chi connectivity index (χ1n) is 5.70. The summed E-state index contributed by atoms with van der Waals surface area (Å²) in [7, 11) is 1.62. The summed E-state index contributed by atoms with van der Waals surface area (Å²) in [5, 5.41) is 0. The van der Waals surface area contributed by atoms with Gasteiger partial charge in [0.25, 0.3) is 0 Å². The molecule has 18 heavy (non-hydrogen) atoms. The van der Waals surface area contributed by atoms with Gasteiger partial charge < -0.3 is 20.4 Å². The molecule has 0 saturated carbocycles. The first-order valence-corrected chi connectivity index (χ1v) is 5.70. The normalized spacial score (nSPS) is 31.8. The molecule has 1 aliphatic rings. The van der Waals surface area contributed by atoms with E-state index in [1.807, 2.05) is 13.8 Å². The molecule has 6 heteroatoms. The van der Waals surface area contributed by atoms with Crippen LogP contribution >= 0.6 is 0 Å². The topological polar surface area (TPSA) is 67.9 Å². The molecule has 0 aliphatic carbocycles. The van der Waals surface area contributed by atoms with Gasteiger partial charge in [0.05, 0.1) is 6.10 Å². The maximum absolute atomic E-state index is 11.6. The number of carbonyl (C=O) groups is 1. The maximum atomic E-state index is 11.6. The summed E-state index contributed by atoms with van der Waals surface area (Å²) in [6.07, 6.45) is 5.51. The van der Waals surface area contributed by atoms with Crippen molar-refractivity contribution >= 4 is 12.1 Å². The summed E-state index contributed by atoms with van der Waals surface area (Å²) < 4.78 is 5.71. The van der Waals surface area contributed by atoms with Crippen LogP contribution in [0.15, 0.2) is 17.3 Å². The van der Waals surface area contributed by atoms with Crippen molar-refractivity contribution in [1.29, 1.82) is 0 Å². The third-order valence-corrected chi connectivity index (χ3v) is 3.03. The molecule has 5 nitrogen and oxygen atoms in total. The SMILES string of the molecule is CN=[C-]/C=C\N(C(C)=O)C1OC(C)C(N)C1C.[Tm]. The second-order valence-corrected chi connectivity index (χ2v) is 4.26. The van der Waals surface area contributed by atoms with Crippen molar-refractivity contribution in [3.8, 4) is 0 Å². The average Bonchev–Trinajstić information content (AvgIpc) is 2.52. The van der Waals surface area contributed by atoms with Crippen molar-refractivity contribution in [2.45, 2.75) is 39.1 Å². The van der Waals surface area contributed by atoms with E-state index in [0.717, 1.165) is 0 Å². The van der Waals surface area contributed by atoms with Gasteiger partial charge in [0.15, 0.2) is 0 Å². The summed E-state index contributed by atoms with van der Waals surface area (Å²) in [6.45, 7) is 5.40. The fourth-order valence-electron chi connectivity index (χ4n) is 1.93. The predicted molar refractivity (Wildman–Crippen MR) is 66.5 cm³/mol. The summed E-state index contributed by atoms with van der Waals surface area (Å²) in [6, 6.07) is -0.0564. The van der Waals surface area contributed by atoms with Crippen molar-refractivity contribution in [2.75, 3.05) is 7.05 Å². The van der Waals surface area contributed by atoms with Crippen LogP contribution in [0, 0.1) is 42.8 Å². The zero-order valence-electron chi connectivity index (χ0n) is 11.0. The minimum Gasteiger partial charge on any atom is -0.399 e. The van der Waals surface area contributed by atoms with E-state index in [1.165, 1.54) is 11.8 Å². The van der Waals surface area contributed by atoms with Crippen LogP contribution in [0.5, 0.6) is 0 Å². The standard InChI is InChI=1S/C12H20N3O2.Tm/c1-8-11(13)9(2)17-12(8)15(10(3)16)7-5-6-14-4;/h5,7-9,11-12H,13H2,1-4H3;/q-1;/b7-5-;. The van der Waals surface area contributed by atoms with Crippen molar-refractivity contribution < 1.29 is 46.4 Å². The van der Waals surface area contributed by atoms with E-state index in [1.54, 1.807) is 19.3 Å². The van der Waals surface area contributed by atoms with E-state index in [0.29, 0.717) is 0 Å². The molecule has 1 heterocycles. The monoisotopic (exact) mass is 407 g/mol. The zero-order valence-corrected chi connectivity index (χ0v) is 12.8. The molecule has 109 valence electrons. The minimum atomic E-state index is -0.313. The molecule has 1 fully saturated rings. The summed E-state index contributed by atoms with van der Waals surface area (Å²) in [5.74, 6) is 0.00872. The van der Waals surface area contributed by atoms with Gasteiger partial charge in [0, 0.05) is 62.8 Å². The van der Waals surface area contributed by atoms with E-state index in [2.05, 4.69) is 11.2 Å². The Labute approximate surface area is 138 Å². The van der Waals surface area contributed by atoms with Gasteiger partial charge in [-0.15, -0.1) is 6.20 Å². The van der Waals surface area contributed by atoms with E-state index in [9.17, 15) is 4.79 Å². The molecule has 4 unspecified atom stereocenters. The van der Waals surface area contributed by atoms with Gasteiger partial charge in [-0.05, 0) is 6.92 Å². The number of hydrogen-bond donors (Lipinski definition) is 1. The number of allylic oxidation sites excluding steroid dienone is 1. The third-order valence-electron chi connectivity index (χ3n) is 3.03. The Morgan fingerprint density at radius 1 is 1.50 bits per heavy atom. The molecule has 0 spiro atoms. The molecular weight excluding hydrogens is 387 g/mol. The van der Waals surface area contributed by atoms with Crippen LogP contribution < -0.4 is 5.73 Å². The van der Waals surface area contributed by atoms with Gasteiger partial charge in [-0.25, -0.2) is 6.08 Å². The maximum Gasteiger partial charge on any atom is 0.209 e. The molecule has 0 bridgehead atoms. The van der Waals surface area contributed by atoms with Crippen LogP contribution in [0.1, 0.15) is 20.8 Å². The first kappa shape index (κ1) is 18.0.